The molecular formula is C29H29ClFN7O3. The number of esters is 1. The summed E-state index contributed by atoms with van der Waals surface area (Å²) in [5.41, 5.74) is 1.50. The number of anilines is 3. The van der Waals surface area contributed by atoms with Crippen LogP contribution in [0.3, 0.4) is 0 Å². The number of nitrogens with zero attached hydrogens (tertiary/aromatic N) is 4. The van der Waals surface area contributed by atoms with Gasteiger partial charge in [0.1, 0.15) is 11.6 Å². The first kappa shape index (κ1) is 26.9. The monoisotopic (exact) mass is 577 g/mol. The Balaban J connectivity index is 1.12. The summed E-state index contributed by atoms with van der Waals surface area (Å²) in [5.74, 6) is -0.0682. The van der Waals surface area contributed by atoms with E-state index >= 15 is 0 Å². The van der Waals surface area contributed by atoms with Crippen molar-refractivity contribution >= 4 is 46.3 Å². The van der Waals surface area contributed by atoms with Crippen molar-refractivity contribution in [1.29, 1.82) is 0 Å². The molecule has 6 rings (SSSR count). The minimum atomic E-state index is -0.630. The number of halogens is 2. The van der Waals surface area contributed by atoms with E-state index in [9.17, 15) is 14.0 Å². The molecule has 0 atom stereocenters. The van der Waals surface area contributed by atoms with Crippen LogP contribution in [-0.4, -0.2) is 43.5 Å². The summed E-state index contributed by atoms with van der Waals surface area (Å²) in [7, 11) is 0. The summed E-state index contributed by atoms with van der Waals surface area (Å²) >= 11 is 5.90. The molecule has 2 saturated carbocycles. The average Bonchev–Trinajstić information content (AvgIpc) is 3.67. The molecule has 2 fully saturated rings. The fraction of sp³-hybridized carbons (Fsp3) is 0.345. The van der Waals surface area contributed by atoms with Crippen LogP contribution in [0.1, 0.15) is 55.4 Å². The van der Waals surface area contributed by atoms with Crippen LogP contribution in [0.5, 0.6) is 5.75 Å². The smallest absolute Gasteiger partial charge is 0.311 e. The minimum absolute atomic E-state index is 0.0272. The van der Waals surface area contributed by atoms with Crippen molar-refractivity contribution in [2.45, 2.75) is 57.0 Å². The normalized spacial score (nSPS) is 18.6. The predicted molar refractivity (Wildman–Crippen MR) is 153 cm³/mol. The maximum atomic E-state index is 14.1. The lowest BCUT2D eigenvalue weighted by atomic mass is 9.84. The van der Waals surface area contributed by atoms with Gasteiger partial charge in [0.25, 0.3) is 5.91 Å². The molecule has 212 valence electrons. The van der Waals surface area contributed by atoms with Crippen molar-refractivity contribution < 1.29 is 18.7 Å². The zero-order valence-corrected chi connectivity index (χ0v) is 22.9. The third-order valence-electron chi connectivity index (χ3n) is 7.36. The number of amides is 1. The van der Waals surface area contributed by atoms with Crippen molar-refractivity contribution in [3.8, 4) is 5.75 Å². The van der Waals surface area contributed by atoms with Crippen LogP contribution in [0.4, 0.5) is 21.6 Å². The Morgan fingerprint density at radius 1 is 0.976 bits per heavy atom. The first-order chi connectivity index (χ1) is 19.9. The fourth-order valence-corrected chi connectivity index (χ4v) is 5.17. The second-order valence-electron chi connectivity index (χ2n) is 10.5. The van der Waals surface area contributed by atoms with Gasteiger partial charge in [-0.05, 0) is 74.8 Å². The molecule has 2 aliphatic carbocycles. The number of carbonyl (C=O) groups excluding carboxylic acids is 2. The van der Waals surface area contributed by atoms with Gasteiger partial charge < -0.3 is 20.7 Å². The number of hydrogen-bond acceptors (Lipinski definition) is 8. The number of benzene rings is 1. The number of imidazole rings is 1. The molecule has 3 aromatic heterocycles. The van der Waals surface area contributed by atoms with Gasteiger partial charge in [-0.25, -0.2) is 13.9 Å². The SMILES string of the molecule is O=C(CC1CCC(Nc2cc(NC3CC3)c3ncc(C(=O)Nc4ccncc4F)n3n2)CC1)Oc1ccc(Cl)cc1. The molecule has 4 aromatic rings. The Kier molecular flexibility index (Phi) is 7.69. The number of pyridine rings is 1. The molecule has 0 radical (unpaired) electrons. The third kappa shape index (κ3) is 6.57. The first-order valence-corrected chi connectivity index (χ1v) is 14.1. The second kappa shape index (κ2) is 11.7. The van der Waals surface area contributed by atoms with Crippen molar-refractivity contribution in [1.82, 2.24) is 19.6 Å². The molecule has 1 amide bonds. The predicted octanol–water partition coefficient (Wildman–Crippen LogP) is 5.71. The summed E-state index contributed by atoms with van der Waals surface area (Å²) in [6.45, 7) is 0. The molecule has 10 nitrogen and oxygen atoms in total. The third-order valence-corrected chi connectivity index (χ3v) is 7.61. The quantitative estimate of drug-likeness (QED) is 0.171. The highest BCUT2D eigenvalue weighted by Gasteiger charge is 2.27. The molecule has 12 heteroatoms. The number of aromatic nitrogens is 4. The van der Waals surface area contributed by atoms with E-state index in [-0.39, 0.29) is 29.3 Å². The van der Waals surface area contributed by atoms with Crippen LogP contribution in [0, 0.1) is 11.7 Å². The van der Waals surface area contributed by atoms with Gasteiger partial charge >= 0.3 is 5.97 Å². The topological polar surface area (TPSA) is 123 Å². The van der Waals surface area contributed by atoms with Gasteiger partial charge in [-0.1, -0.05) is 11.6 Å². The van der Waals surface area contributed by atoms with E-state index in [1.807, 2.05) is 6.07 Å². The van der Waals surface area contributed by atoms with Gasteiger partial charge in [0.15, 0.2) is 17.2 Å². The van der Waals surface area contributed by atoms with Crippen LogP contribution in [0.25, 0.3) is 5.65 Å². The Hall–Kier alpha value is -4.25. The van der Waals surface area contributed by atoms with Crippen LogP contribution in [0.15, 0.2) is 55.0 Å². The van der Waals surface area contributed by atoms with Crippen molar-refractivity contribution in [3.05, 3.63) is 71.5 Å². The lowest BCUT2D eigenvalue weighted by Gasteiger charge is -2.29. The van der Waals surface area contributed by atoms with Gasteiger partial charge in [-0.3, -0.25) is 14.6 Å². The Morgan fingerprint density at radius 2 is 1.71 bits per heavy atom. The number of carbonyl (C=O) groups is 2. The van der Waals surface area contributed by atoms with Gasteiger partial charge in [-0.2, -0.15) is 0 Å². The summed E-state index contributed by atoms with van der Waals surface area (Å²) in [6.07, 6.45) is 9.85. The molecule has 3 N–H and O–H groups in total. The van der Waals surface area contributed by atoms with E-state index < -0.39 is 11.7 Å². The lowest BCUT2D eigenvalue weighted by molar-refractivity contribution is -0.135. The van der Waals surface area contributed by atoms with E-state index in [2.05, 4.69) is 31.0 Å². The molecule has 0 unspecified atom stereocenters. The highest BCUT2D eigenvalue weighted by Crippen LogP contribution is 2.32. The zero-order valence-electron chi connectivity index (χ0n) is 22.1. The van der Waals surface area contributed by atoms with Gasteiger partial charge in [0.2, 0.25) is 0 Å². The summed E-state index contributed by atoms with van der Waals surface area (Å²) in [5, 5.41) is 14.8. The fourth-order valence-electron chi connectivity index (χ4n) is 5.04. The van der Waals surface area contributed by atoms with Crippen molar-refractivity contribution in [2.24, 2.45) is 5.92 Å². The Bertz CT molecular complexity index is 1570. The number of nitrogens with one attached hydrogen (secondary N) is 3. The second-order valence-corrected chi connectivity index (χ2v) is 11.0. The van der Waals surface area contributed by atoms with E-state index in [0.717, 1.165) is 50.4 Å². The maximum Gasteiger partial charge on any atom is 0.311 e. The molecule has 41 heavy (non-hydrogen) atoms. The molecule has 0 spiro atoms. The summed E-state index contributed by atoms with van der Waals surface area (Å²) < 4.78 is 21.0. The molecule has 1 aromatic carbocycles. The highest BCUT2D eigenvalue weighted by atomic mass is 35.5. The van der Waals surface area contributed by atoms with Gasteiger partial charge in [0, 0.05) is 35.8 Å². The standard InChI is InChI=1S/C29H29ClFN7O3/c30-18-3-9-21(10-4-18)41-27(39)13-17-1-5-20(6-2-17)35-26-14-24(34-19-7-8-19)28-33-16-25(38(28)37-26)29(40)36-23-11-12-32-15-22(23)31/h3-4,9-12,14-17,19-20,34H,1-2,5-8,13H2,(H,35,37)(H,32,36,40). The molecule has 2 aliphatic rings. The van der Waals surface area contributed by atoms with E-state index in [1.54, 1.807) is 24.3 Å². The van der Waals surface area contributed by atoms with Crippen LogP contribution < -0.4 is 20.7 Å². The Morgan fingerprint density at radius 3 is 2.44 bits per heavy atom. The maximum absolute atomic E-state index is 14.1. The van der Waals surface area contributed by atoms with E-state index in [1.165, 1.54) is 23.0 Å². The Labute approximate surface area is 240 Å². The van der Waals surface area contributed by atoms with Gasteiger partial charge in [-0.15, -0.1) is 5.10 Å². The number of rotatable bonds is 9. The largest absolute Gasteiger partial charge is 0.427 e. The number of ether oxygens (including phenoxy) is 1. The van der Waals surface area contributed by atoms with Crippen molar-refractivity contribution in [3.63, 3.8) is 0 Å². The number of hydrogen-bond donors (Lipinski definition) is 3. The molecule has 0 aliphatic heterocycles. The summed E-state index contributed by atoms with van der Waals surface area (Å²) in [6, 6.07) is 10.6. The highest BCUT2D eigenvalue weighted by molar-refractivity contribution is 6.30. The lowest BCUT2D eigenvalue weighted by Crippen LogP contribution is -2.28. The first-order valence-electron chi connectivity index (χ1n) is 13.7. The van der Waals surface area contributed by atoms with Crippen LogP contribution in [0.2, 0.25) is 5.02 Å². The zero-order chi connectivity index (χ0) is 28.3. The molecule has 3 heterocycles. The molecular weight excluding hydrogens is 549 g/mol. The molecule has 0 bridgehead atoms. The van der Waals surface area contributed by atoms with Crippen LogP contribution >= 0.6 is 11.6 Å². The van der Waals surface area contributed by atoms with E-state index in [0.29, 0.717) is 34.7 Å². The minimum Gasteiger partial charge on any atom is -0.427 e. The summed E-state index contributed by atoms with van der Waals surface area (Å²) in [4.78, 5) is 33.6. The van der Waals surface area contributed by atoms with Crippen molar-refractivity contribution in [2.75, 3.05) is 16.0 Å². The number of fused-ring (bicyclic) bond motifs is 1. The van der Waals surface area contributed by atoms with Gasteiger partial charge in [0.05, 0.1) is 23.8 Å². The van der Waals surface area contributed by atoms with Crippen LogP contribution in [-0.2, 0) is 4.79 Å². The average molecular weight is 578 g/mol. The molecule has 0 saturated heterocycles. The van der Waals surface area contributed by atoms with E-state index in [4.69, 9.17) is 16.3 Å².